The highest BCUT2D eigenvalue weighted by Crippen LogP contribution is 2.35. The maximum absolute atomic E-state index is 12.6. The molecule has 6 nitrogen and oxygen atoms in total. The van der Waals surface area contributed by atoms with Crippen LogP contribution in [-0.2, 0) is 12.8 Å². The molecule has 0 spiro atoms. The Kier molecular flexibility index (Phi) is 10.7. The standard InChI is InChI=1S/C38H38N4O2/c1-3-5-7-11-29-14-18-30(19-15-29)38(43)44-33-24-22-32(23-25-33)40-42-37-27-26-36(34-12-8-9-13-35(34)37)41-39-31-20-16-28(17-21-31)10-6-4-2/h8-9,12-27H,3-7,10-11H2,1-2H3. The number of nitrogens with zero attached hydrogens (tertiary/aromatic N) is 4. The van der Waals surface area contributed by atoms with E-state index in [2.05, 4.69) is 46.4 Å². The number of azo groups is 2. The number of fused-ring (bicyclic) bond motifs is 1. The average Bonchev–Trinajstić information content (AvgIpc) is 3.07. The van der Waals surface area contributed by atoms with Gasteiger partial charge in [0.25, 0.3) is 0 Å². The molecule has 0 bridgehead atoms. The molecule has 0 saturated heterocycles. The zero-order chi connectivity index (χ0) is 30.6. The molecule has 0 atom stereocenters. The maximum atomic E-state index is 12.6. The molecule has 222 valence electrons. The van der Waals surface area contributed by atoms with Crippen LogP contribution in [0.5, 0.6) is 5.75 Å². The number of esters is 1. The molecule has 0 aromatic heterocycles. The number of carbonyl (C=O) groups is 1. The van der Waals surface area contributed by atoms with Crippen molar-refractivity contribution in [2.45, 2.75) is 58.8 Å². The first kappa shape index (κ1) is 30.5. The van der Waals surface area contributed by atoms with Crippen molar-refractivity contribution < 1.29 is 9.53 Å². The molecule has 0 aliphatic heterocycles. The summed E-state index contributed by atoms with van der Waals surface area (Å²) in [4.78, 5) is 12.6. The number of ether oxygens (including phenoxy) is 1. The van der Waals surface area contributed by atoms with E-state index in [9.17, 15) is 4.79 Å². The number of carbonyl (C=O) groups excluding carboxylic acids is 1. The van der Waals surface area contributed by atoms with Gasteiger partial charge >= 0.3 is 5.97 Å². The molecule has 44 heavy (non-hydrogen) atoms. The fourth-order valence-corrected chi connectivity index (χ4v) is 4.91. The van der Waals surface area contributed by atoms with E-state index in [4.69, 9.17) is 4.74 Å². The number of rotatable bonds is 13. The minimum Gasteiger partial charge on any atom is -0.423 e. The molecule has 0 heterocycles. The molecule has 0 N–H and O–H groups in total. The highest BCUT2D eigenvalue weighted by molar-refractivity contribution is 5.99. The SMILES string of the molecule is CCCCCc1ccc(C(=O)Oc2ccc(N=Nc3ccc(N=Nc4ccc(CCCC)cc4)c4ccccc34)cc2)cc1. The van der Waals surface area contributed by atoms with Crippen molar-refractivity contribution in [3.63, 3.8) is 0 Å². The molecule has 0 aliphatic rings. The van der Waals surface area contributed by atoms with E-state index in [0.717, 1.165) is 47.1 Å². The molecule has 5 aromatic carbocycles. The Morgan fingerprint density at radius 3 is 1.59 bits per heavy atom. The van der Waals surface area contributed by atoms with Crippen molar-refractivity contribution >= 4 is 39.5 Å². The summed E-state index contributed by atoms with van der Waals surface area (Å²) in [6.45, 7) is 4.40. The molecular weight excluding hydrogens is 544 g/mol. The lowest BCUT2D eigenvalue weighted by Crippen LogP contribution is -2.08. The van der Waals surface area contributed by atoms with E-state index >= 15 is 0 Å². The molecule has 0 amide bonds. The molecule has 5 rings (SSSR count). The third-order valence-corrected chi connectivity index (χ3v) is 7.49. The van der Waals surface area contributed by atoms with Crippen LogP contribution in [0.25, 0.3) is 10.8 Å². The predicted molar refractivity (Wildman–Crippen MR) is 178 cm³/mol. The largest absolute Gasteiger partial charge is 0.423 e. The third kappa shape index (κ3) is 8.32. The van der Waals surface area contributed by atoms with Crippen LogP contribution in [0, 0.1) is 0 Å². The smallest absolute Gasteiger partial charge is 0.343 e. The maximum Gasteiger partial charge on any atom is 0.343 e. The van der Waals surface area contributed by atoms with Gasteiger partial charge in [0.2, 0.25) is 0 Å². The van der Waals surface area contributed by atoms with E-state index in [1.54, 1.807) is 24.3 Å². The molecule has 6 heteroatoms. The van der Waals surface area contributed by atoms with Crippen LogP contribution in [0.4, 0.5) is 22.7 Å². The predicted octanol–water partition coefficient (Wildman–Crippen LogP) is 12.0. The van der Waals surface area contributed by atoms with Gasteiger partial charge in [0.15, 0.2) is 0 Å². The van der Waals surface area contributed by atoms with Crippen LogP contribution in [0.1, 0.15) is 67.4 Å². The quantitative estimate of drug-likeness (QED) is 0.0599. The van der Waals surface area contributed by atoms with Crippen LogP contribution in [0.15, 0.2) is 130 Å². The summed E-state index contributed by atoms with van der Waals surface area (Å²) in [5.41, 5.74) is 6.06. The molecule has 5 aromatic rings. The van der Waals surface area contributed by atoms with Gasteiger partial charge in [-0.05, 0) is 97.5 Å². The van der Waals surface area contributed by atoms with Gasteiger partial charge in [-0.25, -0.2) is 4.79 Å². The second-order valence-electron chi connectivity index (χ2n) is 10.9. The minimum absolute atomic E-state index is 0.382. The lowest BCUT2D eigenvalue weighted by atomic mass is 10.1. The highest BCUT2D eigenvalue weighted by Gasteiger charge is 2.09. The van der Waals surface area contributed by atoms with Gasteiger partial charge < -0.3 is 4.74 Å². The van der Waals surface area contributed by atoms with Crippen LogP contribution < -0.4 is 4.74 Å². The number of hydrogen-bond acceptors (Lipinski definition) is 6. The lowest BCUT2D eigenvalue weighted by Gasteiger charge is -2.06. The van der Waals surface area contributed by atoms with Gasteiger partial charge in [-0.1, -0.05) is 81.6 Å². The zero-order valence-electron chi connectivity index (χ0n) is 25.4. The monoisotopic (exact) mass is 582 g/mol. The first-order valence-electron chi connectivity index (χ1n) is 15.5. The van der Waals surface area contributed by atoms with E-state index in [-0.39, 0.29) is 5.97 Å². The second-order valence-corrected chi connectivity index (χ2v) is 10.9. The Labute approximate surface area is 259 Å². The van der Waals surface area contributed by atoms with Gasteiger partial charge in [-0.2, -0.15) is 10.2 Å². The average molecular weight is 583 g/mol. The Morgan fingerprint density at radius 1 is 0.545 bits per heavy atom. The molecule has 0 fully saturated rings. The summed E-state index contributed by atoms with van der Waals surface area (Å²) < 4.78 is 5.57. The first-order chi connectivity index (χ1) is 21.6. The molecular formula is C38H38N4O2. The van der Waals surface area contributed by atoms with Crippen molar-refractivity contribution in [2.75, 3.05) is 0 Å². The van der Waals surface area contributed by atoms with E-state index in [1.807, 2.05) is 72.8 Å². The minimum atomic E-state index is -0.382. The van der Waals surface area contributed by atoms with Crippen molar-refractivity contribution in [3.05, 3.63) is 126 Å². The van der Waals surface area contributed by atoms with Crippen molar-refractivity contribution in [1.82, 2.24) is 0 Å². The van der Waals surface area contributed by atoms with E-state index < -0.39 is 0 Å². The summed E-state index contributed by atoms with van der Waals surface area (Å²) in [5, 5.41) is 19.8. The number of unbranched alkanes of at least 4 members (excludes halogenated alkanes) is 3. The summed E-state index contributed by atoms with van der Waals surface area (Å²) in [6.07, 6.45) is 8.04. The topological polar surface area (TPSA) is 75.7 Å². The summed E-state index contributed by atoms with van der Waals surface area (Å²) >= 11 is 0. The number of aryl methyl sites for hydroxylation is 2. The third-order valence-electron chi connectivity index (χ3n) is 7.49. The summed E-state index contributed by atoms with van der Waals surface area (Å²) in [5.74, 6) is 0.0731. The number of benzene rings is 5. The van der Waals surface area contributed by atoms with E-state index in [1.165, 1.54) is 36.8 Å². The normalized spacial score (nSPS) is 11.5. The van der Waals surface area contributed by atoms with Crippen LogP contribution in [-0.4, -0.2) is 5.97 Å². The Morgan fingerprint density at radius 2 is 1.05 bits per heavy atom. The van der Waals surface area contributed by atoms with Gasteiger partial charge in [0.1, 0.15) is 5.75 Å². The fourth-order valence-electron chi connectivity index (χ4n) is 4.91. The molecule has 0 radical (unpaired) electrons. The lowest BCUT2D eigenvalue weighted by molar-refractivity contribution is 0.0734. The van der Waals surface area contributed by atoms with Crippen LogP contribution >= 0.6 is 0 Å². The van der Waals surface area contributed by atoms with Gasteiger partial charge in [-0.3, -0.25) is 0 Å². The van der Waals surface area contributed by atoms with Crippen molar-refractivity contribution in [2.24, 2.45) is 20.5 Å². The van der Waals surface area contributed by atoms with Crippen molar-refractivity contribution in [3.8, 4) is 5.75 Å². The van der Waals surface area contributed by atoms with Crippen LogP contribution in [0.2, 0.25) is 0 Å². The molecule has 0 saturated carbocycles. The highest BCUT2D eigenvalue weighted by atomic mass is 16.5. The summed E-state index contributed by atoms with van der Waals surface area (Å²) in [7, 11) is 0. The Bertz CT molecular complexity index is 1720. The zero-order valence-corrected chi connectivity index (χ0v) is 25.4. The first-order valence-corrected chi connectivity index (χ1v) is 15.5. The van der Waals surface area contributed by atoms with Gasteiger partial charge in [-0.15, -0.1) is 10.2 Å². The molecule has 0 aliphatic carbocycles. The van der Waals surface area contributed by atoms with E-state index in [0.29, 0.717) is 17.0 Å². The summed E-state index contributed by atoms with van der Waals surface area (Å²) in [6, 6.07) is 34.7. The Balaban J connectivity index is 1.23. The second kappa shape index (κ2) is 15.5. The van der Waals surface area contributed by atoms with Crippen molar-refractivity contribution in [1.29, 1.82) is 0 Å². The van der Waals surface area contributed by atoms with Gasteiger partial charge in [0.05, 0.1) is 28.3 Å². The fraction of sp³-hybridized carbons (Fsp3) is 0.237. The van der Waals surface area contributed by atoms with Crippen LogP contribution in [0.3, 0.4) is 0 Å². The molecule has 0 unspecified atom stereocenters. The number of hydrogen-bond donors (Lipinski definition) is 0. The Hall–Kier alpha value is -4.97. The van der Waals surface area contributed by atoms with Gasteiger partial charge in [0, 0.05) is 10.8 Å².